The SMILES string of the molecule is CCCCCCCCCCCCCCCCCCCCc1cc(CC)cc(CCCCCCCCCCCCCCCCCCCC)c1CCCCCCCCCCCCCCCCCCCC. The van der Waals surface area contributed by atoms with Gasteiger partial charge in [-0.2, -0.15) is 0 Å². The average molecular weight is 948 g/mol. The molecule has 0 aromatic heterocycles. The van der Waals surface area contributed by atoms with Crippen molar-refractivity contribution in [3.8, 4) is 0 Å². The van der Waals surface area contributed by atoms with E-state index in [1.807, 2.05) is 0 Å². The van der Waals surface area contributed by atoms with Crippen LogP contribution in [0, 0.1) is 0 Å². The molecule has 0 aliphatic rings. The van der Waals surface area contributed by atoms with Crippen molar-refractivity contribution in [2.45, 2.75) is 400 Å². The molecule has 0 fully saturated rings. The zero-order valence-corrected chi connectivity index (χ0v) is 48.2. The maximum absolute atomic E-state index is 2.66. The molecule has 0 radical (unpaired) electrons. The predicted octanol–water partition coefficient (Wildman–Crippen LogP) is 25.0. The summed E-state index contributed by atoms with van der Waals surface area (Å²) in [4.78, 5) is 0. The Balaban J connectivity index is 2.39. The van der Waals surface area contributed by atoms with Crippen LogP contribution in [-0.2, 0) is 25.7 Å². The molecule has 0 amide bonds. The van der Waals surface area contributed by atoms with Crippen molar-refractivity contribution >= 4 is 0 Å². The molecule has 402 valence electrons. The van der Waals surface area contributed by atoms with Crippen molar-refractivity contribution in [3.05, 3.63) is 34.4 Å². The van der Waals surface area contributed by atoms with E-state index in [1.54, 1.807) is 22.3 Å². The van der Waals surface area contributed by atoms with Crippen molar-refractivity contribution in [1.29, 1.82) is 0 Å². The van der Waals surface area contributed by atoms with Gasteiger partial charge in [0.25, 0.3) is 0 Å². The second-order valence-corrected chi connectivity index (χ2v) is 23.0. The summed E-state index contributed by atoms with van der Waals surface area (Å²) >= 11 is 0. The van der Waals surface area contributed by atoms with E-state index in [4.69, 9.17) is 0 Å². The van der Waals surface area contributed by atoms with Gasteiger partial charge >= 0.3 is 0 Å². The number of hydrogen-bond acceptors (Lipinski definition) is 0. The largest absolute Gasteiger partial charge is 0.0654 e. The summed E-state index contributed by atoms with van der Waals surface area (Å²) in [5, 5.41) is 0. The van der Waals surface area contributed by atoms with Gasteiger partial charge < -0.3 is 0 Å². The predicted molar refractivity (Wildman–Crippen MR) is 313 cm³/mol. The van der Waals surface area contributed by atoms with Crippen LogP contribution in [-0.4, -0.2) is 0 Å². The third-order valence-corrected chi connectivity index (χ3v) is 16.3. The van der Waals surface area contributed by atoms with Crippen LogP contribution in [0.15, 0.2) is 12.1 Å². The van der Waals surface area contributed by atoms with Crippen molar-refractivity contribution in [3.63, 3.8) is 0 Å². The highest BCUT2D eigenvalue weighted by molar-refractivity contribution is 5.40. The molecule has 0 aliphatic carbocycles. The first-order chi connectivity index (χ1) is 33.8. The van der Waals surface area contributed by atoms with E-state index in [0.29, 0.717) is 0 Å². The standard InChI is InChI=1S/C68H130/c1-5-9-12-15-18-21-24-27-30-33-36-39-42-45-48-51-54-57-60-66-63-65(8-4)64-67(61-58-55-52-49-46-43-40-37-34-31-28-25-22-19-16-13-10-6-2)68(66)62-59-56-53-50-47-44-41-38-35-32-29-26-23-20-17-14-11-7-3/h63-64H,5-62H2,1-4H3. The fourth-order valence-corrected chi connectivity index (χ4v) is 11.5. The molecule has 0 heterocycles. The molecule has 0 heteroatoms. The highest BCUT2D eigenvalue weighted by Gasteiger charge is 2.12. The minimum atomic E-state index is 1.19. The summed E-state index contributed by atoms with van der Waals surface area (Å²) in [6.45, 7) is 9.36. The molecule has 0 atom stereocenters. The Morgan fingerprint density at radius 2 is 0.353 bits per heavy atom. The fraction of sp³-hybridized carbons (Fsp3) is 0.912. The summed E-state index contributed by atoms with van der Waals surface area (Å²) in [6, 6.07) is 5.33. The molecular weight excluding hydrogens is 817 g/mol. The minimum Gasteiger partial charge on any atom is -0.0654 e. The molecule has 1 rings (SSSR count). The first kappa shape index (κ1) is 65.2. The quantitative estimate of drug-likeness (QED) is 0.0571. The molecule has 0 nitrogen and oxygen atoms in total. The summed E-state index contributed by atoms with van der Waals surface area (Å²) in [5.74, 6) is 0. The van der Waals surface area contributed by atoms with Crippen LogP contribution in [0.1, 0.15) is 397 Å². The summed E-state index contributed by atoms with van der Waals surface area (Å²) in [7, 11) is 0. The molecule has 0 bridgehead atoms. The van der Waals surface area contributed by atoms with Gasteiger partial charge in [0.05, 0.1) is 0 Å². The van der Waals surface area contributed by atoms with Gasteiger partial charge in [-0.25, -0.2) is 0 Å². The van der Waals surface area contributed by atoms with Crippen LogP contribution < -0.4 is 0 Å². The van der Waals surface area contributed by atoms with Crippen LogP contribution >= 0.6 is 0 Å². The van der Waals surface area contributed by atoms with Gasteiger partial charge in [-0.05, 0) is 67.2 Å². The summed E-state index contributed by atoms with van der Waals surface area (Å²) in [6.07, 6.45) is 84.1. The van der Waals surface area contributed by atoms with Crippen molar-refractivity contribution in [2.75, 3.05) is 0 Å². The molecule has 0 aliphatic heterocycles. The van der Waals surface area contributed by atoms with Crippen molar-refractivity contribution in [1.82, 2.24) is 0 Å². The van der Waals surface area contributed by atoms with E-state index in [0.717, 1.165) is 0 Å². The monoisotopic (exact) mass is 947 g/mol. The molecule has 0 saturated heterocycles. The van der Waals surface area contributed by atoms with E-state index in [9.17, 15) is 0 Å². The van der Waals surface area contributed by atoms with E-state index < -0.39 is 0 Å². The van der Waals surface area contributed by atoms with Crippen molar-refractivity contribution in [2.24, 2.45) is 0 Å². The highest BCUT2D eigenvalue weighted by atomic mass is 14.2. The molecule has 1 aromatic rings. The van der Waals surface area contributed by atoms with Crippen molar-refractivity contribution < 1.29 is 0 Å². The third-order valence-electron chi connectivity index (χ3n) is 16.3. The van der Waals surface area contributed by atoms with Gasteiger partial charge in [0, 0.05) is 0 Å². The molecular formula is C68H130. The zero-order valence-electron chi connectivity index (χ0n) is 48.2. The minimum absolute atomic E-state index is 1.19. The number of hydrogen-bond donors (Lipinski definition) is 0. The van der Waals surface area contributed by atoms with Gasteiger partial charge in [0.1, 0.15) is 0 Å². The zero-order chi connectivity index (χ0) is 48.7. The van der Waals surface area contributed by atoms with E-state index in [2.05, 4.69) is 39.8 Å². The van der Waals surface area contributed by atoms with Gasteiger partial charge in [0.2, 0.25) is 0 Å². The van der Waals surface area contributed by atoms with Crippen LogP contribution in [0.4, 0.5) is 0 Å². The molecule has 0 N–H and O–H groups in total. The Morgan fingerprint density at radius 1 is 0.191 bits per heavy atom. The van der Waals surface area contributed by atoms with Crippen LogP contribution in [0.25, 0.3) is 0 Å². The smallest absolute Gasteiger partial charge is 0.0273 e. The Bertz CT molecular complexity index is 1020. The Hall–Kier alpha value is -0.780. The third kappa shape index (κ3) is 45.1. The Morgan fingerprint density at radius 3 is 0.529 bits per heavy atom. The summed E-state index contributed by atoms with van der Waals surface area (Å²) in [5.41, 5.74) is 6.93. The van der Waals surface area contributed by atoms with Gasteiger partial charge in [-0.15, -0.1) is 0 Å². The van der Waals surface area contributed by atoms with E-state index in [1.165, 1.54) is 372 Å². The maximum atomic E-state index is 2.66. The van der Waals surface area contributed by atoms with Crippen LogP contribution in [0.3, 0.4) is 0 Å². The van der Waals surface area contributed by atoms with Gasteiger partial charge in [-0.1, -0.05) is 367 Å². The molecule has 0 saturated carbocycles. The first-order valence-electron chi connectivity index (χ1n) is 32.9. The molecule has 0 spiro atoms. The number of rotatable bonds is 58. The lowest BCUT2D eigenvalue weighted by Crippen LogP contribution is -2.04. The highest BCUT2D eigenvalue weighted by Crippen LogP contribution is 2.27. The Labute approximate surface area is 432 Å². The first-order valence-corrected chi connectivity index (χ1v) is 32.9. The van der Waals surface area contributed by atoms with Gasteiger partial charge in [0.15, 0.2) is 0 Å². The van der Waals surface area contributed by atoms with Gasteiger partial charge in [-0.3, -0.25) is 0 Å². The molecule has 0 unspecified atom stereocenters. The lowest BCUT2D eigenvalue weighted by Gasteiger charge is -2.18. The topological polar surface area (TPSA) is 0 Å². The normalized spacial score (nSPS) is 11.7. The van der Waals surface area contributed by atoms with Crippen LogP contribution in [0.5, 0.6) is 0 Å². The summed E-state index contributed by atoms with van der Waals surface area (Å²) < 4.78 is 0. The lowest BCUT2D eigenvalue weighted by molar-refractivity contribution is 0.523. The number of unbranched alkanes of at least 4 members (excludes halogenated alkanes) is 51. The molecule has 1 aromatic carbocycles. The second kappa shape index (κ2) is 55.5. The number of benzene rings is 1. The second-order valence-electron chi connectivity index (χ2n) is 23.0. The van der Waals surface area contributed by atoms with E-state index >= 15 is 0 Å². The lowest BCUT2D eigenvalue weighted by atomic mass is 9.87. The fourth-order valence-electron chi connectivity index (χ4n) is 11.5. The maximum Gasteiger partial charge on any atom is -0.0273 e. The van der Waals surface area contributed by atoms with Crippen LogP contribution in [0.2, 0.25) is 0 Å². The van der Waals surface area contributed by atoms with E-state index in [-0.39, 0.29) is 0 Å². The number of aryl methyl sites for hydroxylation is 3. The Kier molecular flexibility index (Phi) is 53.3. The average Bonchev–Trinajstić information content (AvgIpc) is 3.35. The molecule has 68 heavy (non-hydrogen) atoms.